The smallest absolute Gasteiger partial charge is 0.129 e. The molecular formula is C18H20F2N2. The fourth-order valence-corrected chi connectivity index (χ4v) is 3.18. The fourth-order valence-electron chi connectivity index (χ4n) is 3.18. The first-order chi connectivity index (χ1) is 10.5. The maximum atomic E-state index is 14.1. The first-order valence-corrected chi connectivity index (χ1v) is 7.52. The molecule has 1 heterocycles. The van der Waals surface area contributed by atoms with Crippen molar-refractivity contribution in [3.05, 3.63) is 70.8 Å². The summed E-state index contributed by atoms with van der Waals surface area (Å²) in [6.45, 7) is 3.86. The normalized spacial score (nSPS) is 22.2. The number of benzene rings is 2. The van der Waals surface area contributed by atoms with Crippen LogP contribution < -0.4 is 5.73 Å². The van der Waals surface area contributed by atoms with Crippen LogP contribution >= 0.6 is 0 Å². The average molecular weight is 302 g/mol. The van der Waals surface area contributed by atoms with Gasteiger partial charge in [0, 0.05) is 37.7 Å². The van der Waals surface area contributed by atoms with Crippen molar-refractivity contribution < 1.29 is 8.78 Å². The monoisotopic (exact) mass is 302 g/mol. The van der Waals surface area contributed by atoms with Crippen LogP contribution in [0.2, 0.25) is 0 Å². The van der Waals surface area contributed by atoms with Crippen molar-refractivity contribution in [3.63, 3.8) is 0 Å². The Labute approximate surface area is 129 Å². The Morgan fingerprint density at radius 2 is 1.82 bits per heavy atom. The van der Waals surface area contributed by atoms with E-state index in [0.717, 1.165) is 19.2 Å². The van der Waals surface area contributed by atoms with Crippen LogP contribution in [0, 0.1) is 18.6 Å². The van der Waals surface area contributed by atoms with E-state index in [-0.39, 0.29) is 12.0 Å². The number of nitrogens with two attached hydrogens (primary N) is 1. The molecule has 3 rings (SSSR count). The van der Waals surface area contributed by atoms with Gasteiger partial charge >= 0.3 is 0 Å². The van der Waals surface area contributed by atoms with E-state index in [1.807, 2.05) is 18.2 Å². The maximum absolute atomic E-state index is 14.1. The molecule has 0 aliphatic carbocycles. The van der Waals surface area contributed by atoms with E-state index < -0.39 is 11.6 Å². The van der Waals surface area contributed by atoms with Crippen molar-refractivity contribution in [2.24, 2.45) is 5.73 Å². The van der Waals surface area contributed by atoms with E-state index in [4.69, 9.17) is 5.73 Å². The molecule has 0 radical (unpaired) electrons. The Kier molecular flexibility index (Phi) is 4.23. The van der Waals surface area contributed by atoms with Crippen molar-refractivity contribution in [2.75, 3.05) is 13.1 Å². The number of rotatable bonds is 3. The fraction of sp³-hybridized carbons (Fsp3) is 0.333. The minimum absolute atomic E-state index is 0.0944. The number of likely N-dealkylation sites (tertiary alicyclic amines) is 1. The van der Waals surface area contributed by atoms with Crippen molar-refractivity contribution in [1.29, 1.82) is 0 Å². The molecule has 116 valence electrons. The Balaban J connectivity index is 1.78. The topological polar surface area (TPSA) is 29.3 Å². The third-order valence-electron chi connectivity index (χ3n) is 4.37. The van der Waals surface area contributed by atoms with E-state index in [9.17, 15) is 8.78 Å². The third-order valence-corrected chi connectivity index (χ3v) is 4.37. The number of hydrogen-bond acceptors (Lipinski definition) is 2. The van der Waals surface area contributed by atoms with Gasteiger partial charge < -0.3 is 5.73 Å². The van der Waals surface area contributed by atoms with Crippen LogP contribution in [0.15, 0.2) is 42.5 Å². The standard InChI is InChI=1S/C18H20F2N2/c1-12-7-14(17(20)8-16(12)19)15-10-22(11-18(15)21)9-13-5-3-2-4-6-13/h2-8,15,18H,9-11,21H2,1H3/t15?,18-/m1/s1. The lowest BCUT2D eigenvalue weighted by atomic mass is 9.93. The van der Waals surface area contributed by atoms with Crippen molar-refractivity contribution in [2.45, 2.75) is 25.4 Å². The molecule has 2 nitrogen and oxygen atoms in total. The number of nitrogens with zero attached hydrogens (tertiary/aromatic N) is 1. The number of hydrogen-bond donors (Lipinski definition) is 1. The lowest BCUT2D eigenvalue weighted by Gasteiger charge is -2.17. The minimum Gasteiger partial charge on any atom is -0.326 e. The maximum Gasteiger partial charge on any atom is 0.129 e. The first kappa shape index (κ1) is 15.1. The molecule has 0 bridgehead atoms. The zero-order chi connectivity index (χ0) is 15.7. The lowest BCUT2D eigenvalue weighted by molar-refractivity contribution is 0.323. The molecule has 0 saturated carbocycles. The Morgan fingerprint density at radius 3 is 2.55 bits per heavy atom. The molecule has 0 spiro atoms. The molecule has 2 aromatic carbocycles. The van der Waals surface area contributed by atoms with Crippen molar-refractivity contribution in [3.8, 4) is 0 Å². The van der Waals surface area contributed by atoms with Gasteiger partial charge in [-0.3, -0.25) is 4.90 Å². The minimum atomic E-state index is -0.506. The molecule has 4 heteroatoms. The highest BCUT2D eigenvalue weighted by Crippen LogP contribution is 2.30. The molecule has 2 N–H and O–H groups in total. The van der Waals surface area contributed by atoms with E-state index >= 15 is 0 Å². The van der Waals surface area contributed by atoms with Gasteiger partial charge in [0.1, 0.15) is 11.6 Å². The Hall–Kier alpha value is -1.78. The summed E-state index contributed by atoms with van der Waals surface area (Å²) in [5, 5.41) is 0. The van der Waals surface area contributed by atoms with E-state index in [1.54, 1.807) is 13.0 Å². The molecule has 2 atom stereocenters. The van der Waals surface area contributed by atoms with Crippen LogP contribution in [0.1, 0.15) is 22.6 Å². The van der Waals surface area contributed by atoms with E-state index in [1.165, 1.54) is 5.56 Å². The molecule has 1 unspecified atom stereocenters. The number of halogens is 2. The molecule has 2 aromatic rings. The highest BCUT2D eigenvalue weighted by molar-refractivity contribution is 5.31. The summed E-state index contributed by atoms with van der Waals surface area (Å²) in [6, 6.07) is 12.6. The molecule has 22 heavy (non-hydrogen) atoms. The summed E-state index contributed by atoms with van der Waals surface area (Å²) in [6.07, 6.45) is 0. The lowest BCUT2D eigenvalue weighted by Crippen LogP contribution is -2.29. The SMILES string of the molecule is Cc1cc(C2CN(Cc3ccccc3)C[C@H]2N)c(F)cc1F. The zero-order valence-electron chi connectivity index (χ0n) is 12.6. The van der Waals surface area contributed by atoms with Crippen molar-refractivity contribution >= 4 is 0 Å². The van der Waals surface area contributed by atoms with Gasteiger partial charge in [0.05, 0.1) is 0 Å². The van der Waals surface area contributed by atoms with Crippen LogP contribution in [-0.4, -0.2) is 24.0 Å². The van der Waals surface area contributed by atoms with Gasteiger partial charge in [-0.1, -0.05) is 30.3 Å². The molecule has 1 saturated heterocycles. The summed E-state index contributed by atoms with van der Waals surface area (Å²) in [7, 11) is 0. The van der Waals surface area contributed by atoms with Crippen molar-refractivity contribution in [1.82, 2.24) is 4.90 Å². The van der Waals surface area contributed by atoms with Gasteiger partial charge in [-0.15, -0.1) is 0 Å². The second kappa shape index (κ2) is 6.15. The van der Waals surface area contributed by atoms with E-state index in [2.05, 4.69) is 17.0 Å². The van der Waals surface area contributed by atoms with Gasteiger partial charge in [-0.25, -0.2) is 8.78 Å². The second-order valence-corrected chi connectivity index (χ2v) is 6.07. The van der Waals surface area contributed by atoms with Crippen LogP contribution in [0.5, 0.6) is 0 Å². The molecule has 0 amide bonds. The summed E-state index contributed by atoms with van der Waals surface area (Å²) in [5.41, 5.74) is 8.42. The first-order valence-electron chi connectivity index (χ1n) is 7.52. The summed E-state index contributed by atoms with van der Waals surface area (Å²) >= 11 is 0. The number of aryl methyl sites for hydroxylation is 1. The highest BCUT2D eigenvalue weighted by Gasteiger charge is 2.33. The highest BCUT2D eigenvalue weighted by atomic mass is 19.1. The largest absolute Gasteiger partial charge is 0.326 e. The molecular weight excluding hydrogens is 282 g/mol. The van der Waals surface area contributed by atoms with Gasteiger partial charge in [0.15, 0.2) is 0 Å². The Morgan fingerprint density at radius 1 is 1.09 bits per heavy atom. The van der Waals surface area contributed by atoms with Crippen LogP contribution in [0.4, 0.5) is 8.78 Å². The van der Waals surface area contributed by atoms with Gasteiger partial charge in [-0.05, 0) is 29.7 Å². The quantitative estimate of drug-likeness (QED) is 0.943. The van der Waals surface area contributed by atoms with Gasteiger partial charge in [0.2, 0.25) is 0 Å². The van der Waals surface area contributed by atoms with Crippen LogP contribution in [-0.2, 0) is 6.54 Å². The summed E-state index contributed by atoms with van der Waals surface area (Å²) in [5.74, 6) is -1.10. The van der Waals surface area contributed by atoms with Crippen LogP contribution in [0.25, 0.3) is 0 Å². The second-order valence-electron chi connectivity index (χ2n) is 6.07. The molecule has 1 aliphatic heterocycles. The predicted octanol–water partition coefficient (Wildman–Crippen LogP) is 3.20. The summed E-state index contributed by atoms with van der Waals surface area (Å²) in [4.78, 5) is 2.22. The predicted molar refractivity (Wildman–Crippen MR) is 83.5 cm³/mol. The molecule has 1 aliphatic rings. The summed E-state index contributed by atoms with van der Waals surface area (Å²) < 4.78 is 27.5. The zero-order valence-corrected chi connectivity index (χ0v) is 12.6. The molecule has 0 aromatic heterocycles. The van der Waals surface area contributed by atoms with E-state index in [0.29, 0.717) is 17.7 Å². The van der Waals surface area contributed by atoms with Gasteiger partial charge in [0.25, 0.3) is 0 Å². The van der Waals surface area contributed by atoms with Crippen LogP contribution in [0.3, 0.4) is 0 Å². The Bertz CT molecular complexity index is 658. The third kappa shape index (κ3) is 3.03. The molecule has 1 fully saturated rings. The average Bonchev–Trinajstić information content (AvgIpc) is 2.84. The van der Waals surface area contributed by atoms with Gasteiger partial charge in [-0.2, -0.15) is 0 Å².